The molecule has 0 saturated carbocycles. The summed E-state index contributed by atoms with van der Waals surface area (Å²) in [7, 11) is 0. The summed E-state index contributed by atoms with van der Waals surface area (Å²) in [5.74, 6) is -0.647. The fourth-order valence-corrected chi connectivity index (χ4v) is 0.518. The molecular formula is C8H13N5O. The fourth-order valence-electron chi connectivity index (χ4n) is 0.518. The van der Waals surface area contributed by atoms with E-state index < -0.39 is 5.91 Å². The van der Waals surface area contributed by atoms with Gasteiger partial charge in [-0.05, 0) is 13.0 Å². The molecule has 6 heteroatoms. The summed E-state index contributed by atoms with van der Waals surface area (Å²) in [5.41, 5.74) is 9.89. The lowest BCUT2D eigenvalue weighted by atomic mass is 10.5. The standard InChI is InChI=1S/C8H13N5O/c1-3-4-5-11-12-6-7(8(9)14)13-10-2/h3-6,12-13H,2H2,1H3,(H2,9,14)/b4-3-,7-6-,11-5-. The smallest absolute Gasteiger partial charge is 0.268 e. The van der Waals surface area contributed by atoms with E-state index in [4.69, 9.17) is 5.73 Å². The van der Waals surface area contributed by atoms with Crippen LogP contribution in [0.3, 0.4) is 0 Å². The molecule has 0 aromatic heterocycles. The van der Waals surface area contributed by atoms with Gasteiger partial charge in [-0.2, -0.15) is 10.2 Å². The highest BCUT2D eigenvalue weighted by Gasteiger charge is 2.00. The van der Waals surface area contributed by atoms with Crippen LogP contribution in [0.4, 0.5) is 0 Å². The van der Waals surface area contributed by atoms with Gasteiger partial charge in [-0.1, -0.05) is 6.08 Å². The molecule has 6 nitrogen and oxygen atoms in total. The lowest BCUT2D eigenvalue weighted by Crippen LogP contribution is -2.24. The molecule has 0 bridgehead atoms. The van der Waals surface area contributed by atoms with Crippen LogP contribution in [0.25, 0.3) is 0 Å². The van der Waals surface area contributed by atoms with Gasteiger partial charge in [-0.15, -0.1) is 0 Å². The van der Waals surface area contributed by atoms with Gasteiger partial charge < -0.3 is 5.73 Å². The predicted molar refractivity (Wildman–Crippen MR) is 56.4 cm³/mol. The van der Waals surface area contributed by atoms with Crippen molar-refractivity contribution in [2.45, 2.75) is 6.92 Å². The zero-order valence-corrected chi connectivity index (χ0v) is 7.90. The van der Waals surface area contributed by atoms with Gasteiger partial charge >= 0.3 is 0 Å². The highest BCUT2D eigenvalue weighted by Crippen LogP contribution is 1.83. The van der Waals surface area contributed by atoms with Crippen molar-refractivity contribution in [1.82, 2.24) is 10.9 Å². The van der Waals surface area contributed by atoms with E-state index >= 15 is 0 Å². The molecule has 4 N–H and O–H groups in total. The van der Waals surface area contributed by atoms with Crippen molar-refractivity contribution in [1.29, 1.82) is 0 Å². The van der Waals surface area contributed by atoms with Gasteiger partial charge in [0.25, 0.3) is 5.91 Å². The van der Waals surface area contributed by atoms with E-state index in [1.54, 1.807) is 6.08 Å². The van der Waals surface area contributed by atoms with Gasteiger partial charge in [-0.25, -0.2) is 0 Å². The van der Waals surface area contributed by atoms with Gasteiger partial charge in [0.1, 0.15) is 5.70 Å². The van der Waals surface area contributed by atoms with Crippen molar-refractivity contribution >= 4 is 18.8 Å². The van der Waals surface area contributed by atoms with Gasteiger partial charge in [-0.3, -0.25) is 15.6 Å². The Morgan fingerprint density at radius 1 is 1.57 bits per heavy atom. The minimum Gasteiger partial charge on any atom is -0.364 e. The fraction of sp³-hybridized carbons (Fsp3) is 0.125. The normalized spacial score (nSPS) is 11.9. The summed E-state index contributed by atoms with van der Waals surface area (Å²) in [6, 6.07) is 0. The lowest BCUT2D eigenvalue weighted by Gasteiger charge is -1.99. The molecule has 0 spiro atoms. The number of hydrogen-bond donors (Lipinski definition) is 3. The molecule has 0 unspecified atom stereocenters. The molecule has 0 rings (SSSR count). The molecule has 14 heavy (non-hydrogen) atoms. The molecular weight excluding hydrogens is 182 g/mol. The number of allylic oxidation sites excluding steroid dienone is 2. The molecule has 0 saturated heterocycles. The third-order valence-corrected chi connectivity index (χ3v) is 1.10. The van der Waals surface area contributed by atoms with Crippen molar-refractivity contribution < 1.29 is 4.79 Å². The molecule has 0 aromatic carbocycles. The Kier molecular flexibility index (Phi) is 6.40. The summed E-state index contributed by atoms with van der Waals surface area (Å²) in [4.78, 5) is 10.7. The van der Waals surface area contributed by atoms with Crippen molar-refractivity contribution in [2.75, 3.05) is 0 Å². The molecule has 0 aliphatic rings. The molecule has 0 atom stereocenters. The Morgan fingerprint density at radius 2 is 2.29 bits per heavy atom. The van der Waals surface area contributed by atoms with Crippen molar-refractivity contribution in [3.05, 3.63) is 24.0 Å². The van der Waals surface area contributed by atoms with Crippen LogP contribution in [0.1, 0.15) is 6.92 Å². The number of carbonyl (C=O) groups excluding carboxylic acids is 1. The maximum atomic E-state index is 10.7. The highest BCUT2D eigenvalue weighted by atomic mass is 16.1. The molecule has 1 amide bonds. The minimum atomic E-state index is -0.647. The Morgan fingerprint density at radius 3 is 2.79 bits per heavy atom. The maximum Gasteiger partial charge on any atom is 0.268 e. The van der Waals surface area contributed by atoms with Crippen LogP contribution in [-0.2, 0) is 4.79 Å². The van der Waals surface area contributed by atoms with E-state index in [-0.39, 0.29) is 5.70 Å². The number of nitrogens with one attached hydrogen (secondary N) is 2. The third-order valence-electron chi connectivity index (χ3n) is 1.10. The van der Waals surface area contributed by atoms with Crippen LogP contribution >= 0.6 is 0 Å². The van der Waals surface area contributed by atoms with E-state index in [9.17, 15) is 4.79 Å². The number of carbonyl (C=O) groups is 1. The van der Waals surface area contributed by atoms with E-state index in [1.807, 2.05) is 13.0 Å². The molecule has 0 fully saturated rings. The summed E-state index contributed by atoms with van der Waals surface area (Å²) < 4.78 is 0. The first-order valence-corrected chi connectivity index (χ1v) is 3.84. The van der Waals surface area contributed by atoms with Crippen LogP contribution in [-0.4, -0.2) is 18.8 Å². The van der Waals surface area contributed by atoms with E-state index in [0.29, 0.717) is 0 Å². The van der Waals surface area contributed by atoms with E-state index in [2.05, 4.69) is 27.8 Å². The van der Waals surface area contributed by atoms with Crippen LogP contribution < -0.4 is 16.6 Å². The Labute approximate surface area is 82.2 Å². The first-order chi connectivity index (χ1) is 6.72. The van der Waals surface area contributed by atoms with E-state index in [1.165, 1.54) is 12.4 Å². The number of hydrazone groups is 2. The summed E-state index contributed by atoms with van der Waals surface area (Å²) in [6.45, 7) is 5.01. The maximum absolute atomic E-state index is 10.7. The Hall–Kier alpha value is -2.11. The van der Waals surface area contributed by atoms with Crippen LogP contribution in [0.5, 0.6) is 0 Å². The molecule has 0 radical (unpaired) electrons. The second-order valence-corrected chi connectivity index (χ2v) is 2.13. The summed E-state index contributed by atoms with van der Waals surface area (Å²) >= 11 is 0. The first kappa shape index (κ1) is 11.9. The van der Waals surface area contributed by atoms with Crippen molar-refractivity contribution in [2.24, 2.45) is 15.9 Å². The van der Waals surface area contributed by atoms with Crippen LogP contribution in [0.2, 0.25) is 0 Å². The number of nitrogens with zero attached hydrogens (tertiary/aromatic N) is 2. The minimum absolute atomic E-state index is 0.0811. The average molecular weight is 195 g/mol. The first-order valence-electron chi connectivity index (χ1n) is 3.84. The molecule has 0 aromatic rings. The number of nitrogens with two attached hydrogens (primary N) is 1. The topological polar surface area (TPSA) is 91.9 Å². The SMILES string of the molecule is C=NN/C(=C\N/N=C\C=C/C)C(N)=O. The van der Waals surface area contributed by atoms with Gasteiger partial charge in [0, 0.05) is 12.9 Å². The molecule has 0 aliphatic carbocycles. The second-order valence-electron chi connectivity index (χ2n) is 2.13. The molecule has 76 valence electrons. The van der Waals surface area contributed by atoms with Crippen LogP contribution in [0, 0.1) is 0 Å². The zero-order chi connectivity index (χ0) is 10.8. The average Bonchev–Trinajstić information content (AvgIpc) is 2.15. The monoisotopic (exact) mass is 195 g/mol. The van der Waals surface area contributed by atoms with Gasteiger partial charge in [0.15, 0.2) is 0 Å². The summed E-state index contributed by atoms with van der Waals surface area (Å²) in [5, 5.41) is 7.01. The highest BCUT2D eigenvalue weighted by molar-refractivity contribution is 5.91. The Balaban J connectivity index is 4.16. The molecule has 0 heterocycles. The van der Waals surface area contributed by atoms with E-state index in [0.717, 1.165) is 0 Å². The number of amides is 1. The molecule has 0 aliphatic heterocycles. The zero-order valence-electron chi connectivity index (χ0n) is 7.90. The summed E-state index contributed by atoms with van der Waals surface area (Å²) in [6.07, 6.45) is 6.35. The van der Waals surface area contributed by atoms with Crippen LogP contribution in [0.15, 0.2) is 34.3 Å². The predicted octanol–water partition coefficient (Wildman–Crippen LogP) is -0.330. The number of primary amides is 1. The quantitative estimate of drug-likeness (QED) is 0.308. The number of hydrogen-bond acceptors (Lipinski definition) is 5. The lowest BCUT2D eigenvalue weighted by molar-refractivity contribution is -0.114. The number of rotatable bonds is 6. The van der Waals surface area contributed by atoms with Gasteiger partial charge in [0.05, 0.1) is 6.20 Å². The third kappa shape index (κ3) is 5.53. The largest absolute Gasteiger partial charge is 0.364 e. The van der Waals surface area contributed by atoms with Crippen molar-refractivity contribution in [3.8, 4) is 0 Å². The van der Waals surface area contributed by atoms with Gasteiger partial charge in [0.2, 0.25) is 0 Å². The Bertz CT molecular complexity index is 279. The van der Waals surface area contributed by atoms with Crippen molar-refractivity contribution in [3.63, 3.8) is 0 Å². The second kappa shape index (κ2) is 7.53.